The SMILES string of the molecule is CC(C)CC(N)C(=O)NC(CC(N)=O)C(=O)NC(CO)C(=O)NC(Cc1ccccc1)C(=O)O. The van der Waals surface area contributed by atoms with E-state index in [1.54, 1.807) is 30.3 Å². The monoisotopic (exact) mass is 479 g/mol. The van der Waals surface area contributed by atoms with Crippen molar-refractivity contribution in [3.05, 3.63) is 35.9 Å². The standard InChI is InChI=1S/C22H33N5O7/c1-12(2)8-14(23)19(30)25-15(10-18(24)29)20(31)27-17(11-28)21(32)26-16(22(33)34)9-13-6-4-3-5-7-13/h3-7,12,14-17,28H,8-11,23H2,1-2H3,(H2,24,29)(H,25,30)(H,26,32)(H,27,31)(H,33,34). The maximum atomic E-state index is 12.7. The Hall–Kier alpha value is -3.51. The largest absolute Gasteiger partial charge is 0.480 e. The van der Waals surface area contributed by atoms with E-state index in [2.05, 4.69) is 16.0 Å². The molecule has 0 radical (unpaired) electrons. The topological polar surface area (TPSA) is 214 Å². The Morgan fingerprint density at radius 3 is 1.91 bits per heavy atom. The lowest BCUT2D eigenvalue weighted by molar-refractivity contribution is -0.142. The van der Waals surface area contributed by atoms with Gasteiger partial charge in [-0.15, -0.1) is 0 Å². The number of nitrogens with two attached hydrogens (primary N) is 2. The summed E-state index contributed by atoms with van der Waals surface area (Å²) in [5.74, 6) is -4.71. The van der Waals surface area contributed by atoms with Crippen LogP contribution in [0.5, 0.6) is 0 Å². The summed E-state index contributed by atoms with van der Waals surface area (Å²) in [6.07, 6.45) is -0.268. The predicted molar refractivity (Wildman–Crippen MR) is 122 cm³/mol. The number of carboxylic acid groups (broad SMARTS) is 1. The van der Waals surface area contributed by atoms with Gasteiger partial charge >= 0.3 is 5.97 Å². The summed E-state index contributed by atoms with van der Waals surface area (Å²) >= 11 is 0. The van der Waals surface area contributed by atoms with E-state index in [1.165, 1.54) is 0 Å². The van der Waals surface area contributed by atoms with E-state index in [-0.39, 0.29) is 12.3 Å². The zero-order valence-corrected chi connectivity index (χ0v) is 19.2. The van der Waals surface area contributed by atoms with Crippen LogP contribution in [0.1, 0.15) is 32.3 Å². The molecule has 188 valence electrons. The normalized spacial score (nSPS) is 14.4. The van der Waals surface area contributed by atoms with Gasteiger partial charge in [0.25, 0.3) is 0 Å². The predicted octanol–water partition coefficient (Wildman–Crippen LogP) is -1.99. The van der Waals surface area contributed by atoms with Crippen molar-refractivity contribution >= 4 is 29.6 Å². The zero-order chi connectivity index (χ0) is 25.8. The van der Waals surface area contributed by atoms with Crippen molar-refractivity contribution in [2.24, 2.45) is 17.4 Å². The fourth-order valence-electron chi connectivity index (χ4n) is 3.09. The summed E-state index contributed by atoms with van der Waals surface area (Å²) in [7, 11) is 0. The van der Waals surface area contributed by atoms with Crippen LogP contribution in [0.15, 0.2) is 30.3 Å². The van der Waals surface area contributed by atoms with Crippen LogP contribution in [-0.4, -0.2) is 70.6 Å². The van der Waals surface area contributed by atoms with Crippen molar-refractivity contribution in [2.45, 2.75) is 57.3 Å². The zero-order valence-electron chi connectivity index (χ0n) is 19.2. The molecule has 4 atom stereocenters. The van der Waals surface area contributed by atoms with Gasteiger partial charge < -0.3 is 37.6 Å². The molecule has 0 aliphatic rings. The van der Waals surface area contributed by atoms with E-state index in [1.807, 2.05) is 13.8 Å². The van der Waals surface area contributed by atoms with Crippen molar-refractivity contribution in [3.8, 4) is 0 Å². The van der Waals surface area contributed by atoms with Crippen LogP contribution in [-0.2, 0) is 30.4 Å². The molecule has 4 amide bonds. The van der Waals surface area contributed by atoms with Gasteiger partial charge in [0.1, 0.15) is 18.1 Å². The number of hydrogen-bond donors (Lipinski definition) is 7. The highest BCUT2D eigenvalue weighted by atomic mass is 16.4. The smallest absolute Gasteiger partial charge is 0.326 e. The minimum Gasteiger partial charge on any atom is -0.480 e. The van der Waals surface area contributed by atoms with Crippen LogP contribution in [0.3, 0.4) is 0 Å². The summed E-state index contributed by atoms with van der Waals surface area (Å²) in [5, 5.41) is 25.8. The number of hydrogen-bond acceptors (Lipinski definition) is 7. The molecule has 1 rings (SSSR count). The summed E-state index contributed by atoms with van der Waals surface area (Å²) in [6.45, 7) is 2.85. The van der Waals surface area contributed by atoms with Gasteiger partial charge in [-0.1, -0.05) is 44.2 Å². The first-order valence-corrected chi connectivity index (χ1v) is 10.8. The van der Waals surface area contributed by atoms with Gasteiger partial charge in [0.15, 0.2) is 0 Å². The van der Waals surface area contributed by atoms with E-state index < -0.39 is 66.8 Å². The second kappa shape index (κ2) is 13.9. The molecule has 9 N–H and O–H groups in total. The highest BCUT2D eigenvalue weighted by Crippen LogP contribution is 2.05. The number of aliphatic hydroxyl groups excluding tert-OH is 1. The van der Waals surface area contributed by atoms with Crippen LogP contribution in [0.4, 0.5) is 0 Å². The Kier molecular flexibility index (Phi) is 11.7. The highest BCUT2D eigenvalue weighted by Gasteiger charge is 2.31. The Bertz CT molecular complexity index is 862. The lowest BCUT2D eigenvalue weighted by Crippen LogP contribution is -2.58. The molecule has 12 nitrogen and oxygen atoms in total. The number of carbonyl (C=O) groups excluding carboxylic acids is 4. The van der Waals surface area contributed by atoms with E-state index in [0.29, 0.717) is 12.0 Å². The first-order chi connectivity index (χ1) is 15.9. The van der Waals surface area contributed by atoms with Crippen LogP contribution in [0.25, 0.3) is 0 Å². The van der Waals surface area contributed by atoms with Crippen LogP contribution in [0, 0.1) is 5.92 Å². The molecule has 34 heavy (non-hydrogen) atoms. The summed E-state index contributed by atoms with van der Waals surface area (Å²) < 4.78 is 0. The molecular weight excluding hydrogens is 446 g/mol. The first-order valence-electron chi connectivity index (χ1n) is 10.8. The number of carboxylic acids is 1. The van der Waals surface area contributed by atoms with E-state index in [0.717, 1.165) is 0 Å². The molecule has 1 aromatic rings. The van der Waals surface area contributed by atoms with Gasteiger partial charge in [-0.2, -0.15) is 0 Å². The lowest BCUT2D eigenvalue weighted by Gasteiger charge is -2.24. The minimum atomic E-state index is -1.54. The molecule has 0 saturated carbocycles. The van der Waals surface area contributed by atoms with E-state index in [4.69, 9.17) is 11.5 Å². The summed E-state index contributed by atoms with van der Waals surface area (Å²) in [4.78, 5) is 60.5. The van der Waals surface area contributed by atoms with Crippen molar-refractivity contribution in [2.75, 3.05) is 6.61 Å². The first kappa shape index (κ1) is 28.5. The molecule has 4 unspecified atom stereocenters. The van der Waals surface area contributed by atoms with Crippen LogP contribution in [0.2, 0.25) is 0 Å². The molecule has 0 aromatic heterocycles. The number of primary amides is 1. The van der Waals surface area contributed by atoms with Crippen LogP contribution >= 0.6 is 0 Å². The second-order valence-electron chi connectivity index (χ2n) is 8.30. The molecule has 0 aliphatic heterocycles. The average Bonchev–Trinajstić information content (AvgIpc) is 2.75. The number of amides is 4. The Morgan fingerprint density at radius 1 is 0.882 bits per heavy atom. The number of rotatable bonds is 14. The molecule has 1 aromatic carbocycles. The molecule has 0 saturated heterocycles. The van der Waals surface area contributed by atoms with Gasteiger partial charge in [-0.25, -0.2) is 4.79 Å². The van der Waals surface area contributed by atoms with E-state index in [9.17, 15) is 34.2 Å². The average molecular weight is 480 g/mol. The summed E-state index contributed by atoms with van der Waals surface area (Å²) in [5.41, 5.74) is 11.6. The Labute approximate surface area is 197 Å². The van der Waals surface area contributed by atoms with Gasteiger partial charge in [-0.05, 0) is 17.9 Å². The molecule has 0 spiro atoms. The lowest BCUT2D eigenvalue weighted by atomic mass is 10.0. The molecule has 0 bridgehead atoms. The van der Waals surface area contributed by atoms with Crippen LogP contribution < -0.4 is 27.4 Å². The molecule has 12 heteroatoms. The Morgan fingerprint density at radius 2 is 1.41 bits per heavy atom. The van der Waals surface area contributed by atoms with Gasteiger partial charge in [0.2, 0.25) is 23.6 Å². The number of aliphatic carboxylic acids is 1. The van der Waals surface area contributed by atoms with Gasteiger partial charge in [-0.3, -0.25) is 19.2 Å². The fraction of sp³-hybridized carbons (Fsp3) is 0.500. The van der Waals surface area contributed by atoms with Crippen molar-refractivity contribution in [3.63, 3.8) is 0 Å². The van der Waals surface area contributed by atoms with Gasteiger partial charge in [0.05, 0.1) is 19.1 Å². The van der Waals surface area contributed by atoms with Crippen molar-refractivity contribution < 1.29 is 34.2 Å². The number of carbonyl (C=O) groups is 5. The quantitative estimate of drug-likeness (QED) is 0.158. The Balaban J connectivity index is 2.87. The second-order valence-corrected chi connectivity index (χ2v) is 8.30. The fourth-order valence-corrected chi connectivity index (χ4v) is 3.09. The number of nitrogens with one attached hydrogen (secondary N) is 3. The third kappa shape index (κ3) is 9.96. The highest BCUT2D eigenvalue weighted by molar-refractivity contribution is 5.96. The van der Waals surface area contributed by atoms with Crippen molar-refractivity contribution in [1.29, 1.82) is 0 Å². The molecule has 0 aliphatic carbocycles. The van der Waals surface area contributed by atoms with E-state index >= 15 is 0 Å². The molecular formula is C22H33N5O7. The maximum absolute atomic E-state index is 12.7. The molecule has 0 heterocycles. The number of aliphatic hydroxyl groups is 1. The minimum absolute atomic E-state index is 0.0257. The third-order valence-corrected chi connectivity index (χ3v) is 4.81. The third-order valence-electron chi connectivity index (χ3n) is 4.81. The van der Waals surface area contributed by atoms with Gasteiger partial charge in [0, 0.05) is 6.42 Å². The van der Waals surface area contributed by atoms with Crippen molar-refractivity contribution in [1.82, 2.24) is 16.0 Å². The number of benzene rings is 1. The maximum Gasteiger partial charge on any atom is 0.326 e. The summed E-state index contributed by atoms with van der Waals surface area (Å²) in [6, 6.07) is 3.33. The molecule has 0 fully saturated rings.